The molecule has 5 rings (SSSR count). The van der Waals surface area contributed by atoms with Gasteiger partial charge in [0, 0.05) is 41.3 Å². The van der Waals surface area contributed by atoms with Gasteiger partial charge in [-0.25, -0.2) is 23.7 Å². The van der Waals surface area contributed by atoms with Crippen LogP contribution in [0, 0.1) is 5.82 Å². The highest BCUT2D eigenvalue weighted by molar-refractivity contribution is 6.51. The summed E-state index contributed by atoms with van der Waals surface area (Å²) in [7, 11) is -0.271. The lowest BCUT2D eigenvalue weighted by Crippen LogP contribution is -2.37. The molecule has 3 aromatic heterocycles. The van der Waals surface area contributed by atoms with Gasteiger partial charge < -0.3 is 19.8 Å². The molecule has 0 spiro atoms. The third kappa shape index (κ3) is 5.04. The summed E-state index contributed by atoms with van der Waals surface area (Å²) in [5.41, 5.74) is 2.66. The maximum Gasteiger partial charge on any atom is 0.411 e. The Morgan fingerprint density at radius 1 is 1.24 bits per heavy atom. The van der Waals surface area contributed by atoms with E-state index >= 15 is 0 Å². The van der Waals surface area contributed by atoms with Crippen molar-refractivity contribution in [2.75, 3.05) is 23.9 Å². The number of anilines is 2. The Labute approximate surface area is 216 Å². The lowest BCUT2D eigenvalue weighted by Gasteiger charge is -2.17. The number of carbonyl (C=O) groups excluding carboxylic acids is 2. The summed E-state index contributed by atoms with van der Waals surface area (Å²) in [6.45, 7) is 2.01. The molecule has 3 N–H and O–H groups in total. The molecule has 1 radical (unpaired) electrons. The molecule has 4 aromatic rings. The van der Waals surface area contributed by atoms with Gasteiger partial charge in [0.05, 0.1) is 24.5 Å². The molecule has 2 amide bonds. The Hall–Kier alpha value is -4.23. The van der Waals surface area contributed by atoms with E-state index in [2.05, 4.69) is 35.8 Å². The molecular weight excluding hydrogens is 521 g/mol. The summed E-state index contributed by atoms with van der Waals surface area (Å²) in [6, 6.07) is 6.27. The smallest absolute Gasteiger partial charge is 0.411 e. The van der Waals surface area contributed by atoms with E-state index in [-0.39, 0.29) is 23.9 Å². The van der Waals surface area contributed by atoms with Crippen LogP contribution in [0.25, 0.3) is 16.8 Å². The second kappa shape index (κ2) is 10.0. The lowest BCUT2D eigenvalue weighted by molar-refractivity contribution is 0.0960. The molecule has 1 aliphatic rings. The van der Waals surface area contributed by atoms with E-state index in [1.54, 1.807) is 24.4 Å². The van der Waals surface area contributed by atoms with Gasteiger partial charge in [0.25, 0.3) is 14.9 Å². The van der Waals surface area contributed by atoms with Crippen LogP contribution in [0.4, 0.5) is 20.7 Å². The van der Waals surface area contributed by atoms with Gasteiger partial charge >= 0.3 is 6.09 Å². The van der Waals surface area contributed by atoms with Gasteiger partial charge in [-0.2, -0.15) is 5.10 Å². The Bertz CT molecular complexity index is 1530. The Morgan fingerprint density at radius 3 is 2.86 bits per heavy atom. The molecule has 0 saturated heterocycles. The number of aromatic nitrogens is 4. The minimum Gasteiger partial charge on any atom is -0.527 e. The summed E-state index contributed by atoms with van der Waals surface area (Å²) in [4.78, 5) is 33.3. The van der Waals surface area contributed by atoms with Gasteiger partial charge in [0.1, 0.15) is 17.2 Å². The van der Waals surface area contributed by atoms with Gasteiger partial charge in [-0.15, -0.1) is 0 Å². The fraction of sp³-hybridized carbons (Fsp3) is 0.174. The van der Waals surface area contributed by atoms with Gasteiger partial charge in [-0.3, -0.25) is 10.1 Å². The van der Waals surface area contributed by atoms with Crippen molar-refractivity contribution in [1.29, 1.82) is 0 Å². The number of carbonyl (C=O) groups is 2. The van der Waals surface area contributed by atoms with Gasteiger partial charge in [0.2, 0.25) is 5.88 Å². The molecule has 4 heterocycles. The fourth-order valence-electron chi connectivity index (χ4n) is 3.75. The number of nitrogens with zero attached hydrogens (tertiary/aromatic N) is 4. The van der Waals surface area contributed by atoms with Crippen molar-refractivity contribution >= 4 is 49.8 Å². The van der Waals surface area contributed by atoms with E-state index in [0.717, 1.165) is 6.20 Å². The molecule has 37 heavy (non-hydrogen) atoms. The highest BCUT2D eigenvalue weighted by Crippen LogP contribution is 2.35. The van der Waals surface area contributed by atoms with E-state index in [4.69, 9.17) is 16.0 Å². The molecule has 0 atom stereocenters. The normalized spacial score (nSPS) is 13.9. The molecule has 0 aliphatic carbocycles. The molecule has 11 nitrogen and oxygen atoms in total. The van der Waals surface area contributed by atoms with Crippen LogP contribution in [0.15, 0.2) is 42.9 Å². The molecule has 189 valence electrons. The highest BCUT2D eigenvalue weighted by Gasteiger charge is 2.22. The first-order valence-electron chi connectivity index (χ1n) is 11.0. The number of fused-ring (bicyclic) bond motifs is 2. The van der Waals surface area contributed by atoms with Crippen molar-refractivity contribution in [3.63, 3.8) is 0 Å². The molecule has 1 aromatic carbocycles. The van der Waals surface area contributed by atoms with Crippen LogP contribution in [0.2, 0.25) is 11.6 Å². The number of hydrogen-bond acceptors (Lipinski definition) is 8. The molecule has 0 unspecified atom stereocenters. The maximum absolute atomic E-state index is 14.1. The third-order valence-electron chi connectivity index (χ3n) is 5.54. The van der Waals surface area contributed by atoms with E-state index in [1.165, 1.54) is 23.9 Å². The topological polar surface area (TPSA) is 132 Å². The Kier molecular flexibility index (Phi) is 6.63. The zero-order chi connectivity index (χ0) is 26.1. The SMILES string of the molecule is COC(=O)Nc1ccc(-c2cn3ncc4c3nc2NCc2cc(F)cnc2O[Si](C)CNC4=O)c(Cl)c1. The minimum atomic E-state index is -1.53. The van der Waals surface area contributed by atoms with Crippen molar-refractivity contribution in [2.45, 2.75) is 13.1 Å². The zero-order valence-electron chi connectivity index (χ0n) is 19.6. The predicted molar refractivity (Wildman–Crippen MR) is 136 cm³/mol. The maximum atomic E-state index is 14.1. The quantitative estimate of drug-likeness (QED) is 0.328. The van der Waals surface area contributed by atoms with Crippen molar-refractivity contribution in [3.8, 4) is 17.0 Å². The van der Waals surface area contributed by atoms with E-state index in [0.29, 0.717) is 45.0 Å². The van der Waals surface area contributed by atoms with Crippen LogP contribution >= 0.6 is 11.6 Å². The first-order chi connectivity index (χ1) is 17.8. The van der Waals surface area contributed by atoms with Crippen molar-refractivity contribution in [3.05, 3.63) is 64.8 Å². The Balaban J connectivity index is 1.62. The first-order valence-corrected chi connectivity index (χ1v) is 13.5. The number of pyridine rings is 1. The number of amides is 2. The number of hydrogen-bond donors (Lipinski definition) is 3. The van der Waals surface area contributed by atoms with Gasteiger partial charge in [0.15, 0.2) is 5.65 Å². The summed E-state index contributed by atoms with van der Waals surface area (Å²) < 4.78 is 26.1. The molecule has 14 heteroatoms. The Morgan fingerprint density at radius 2 is 2.08 bits per heavy atom. The summed E-state index contributed by atoms with van der Waals surface area (Å²) in [5.74, 6) is -0.211. The average molecular weight is 541 g/mol. The molecule has 0 fully saturated rings. The highest BCUT2D eigenvalue weighted by atomic mass is 35.5. The third-order valence-corrected chi connectivity index (χ3v) is 7.07. The van der Waals surface area contributed by atoms with E-state index in [1.807, 2.05) is 6.55 Å². The largest absolute Gasteiger partial charge is 0.527 e. The standard InChI is InChI=1S/C23H20ClFN7O4Si/c1-35-23(34)30-14-3-4-15(18(24)6-14)17-10-32-20-16(9-29-32)21(33)28-11-37(2)36-22-12(5-13(25)8-27-22)7-26-19(17)31-20/h3-6,8-10H,7,11H2,1-2H3,(H,26,31)(H,28,33)(H,30,34). The number of halogens is 2. The number of methoxy groups -OCH3 is 1. The van der Waals surface area contributed by atoms with Crippen LogP contribution in [0.1, 0.15) is 15.9 Å². The molecule has 0 saturated carbocycles. The number of nitrogens with one attached hydrogen (secondary N) is 3. The van der Waals surface area contributed by atoms with Crippen LogP contribution < -0.4 is 20.4 Å². The monoisotopic (exact) mass is 540 g/mol. The van der Waals surface area contributed by atoms with Crippen molar-refractivity contribution in [1.82, 2.24) is 24.9 Å². The van der Waals surface area contributed by atoms with Crippen LogP contribution in [0.5, 0.6) is 5.88 Å². The van der Waals surface area contributed by atoms with Crippen molar-refractivity contribution < 1.29 is 23.1 Å². The average Bonchev–Trinajstić information content (AvgIpc) is 3.29. The van der Waals surface area contributed by atoms with Crippen LogP contribution in [-0.2, 0) is 11.3 Å². The number of ether oxygens (including phenoxy) is 1. The first kappa shape index (κ1) is 24.5. The molecule has 2 bridgehead atoms. The van der Waals surface area contributed by atoms with Crippen LogP contribution in [-0.4, -0.2) is 53.9 Å². The minimum absolute atomic E-state index is 0.135. The predicted octanol–water partition coefficient (Wildman–Crippen LogP) is 3.66. The summed E-state index contributed by atoms with van der Waals surface area (Å²) in [5, 5.41) is 13.2. The lowest BCUT2D eigenvalue weighted by atomic mass is 10.1. The molecular formula is C23H20ClFN7O4Si. The summed E-state index contributed by atoms with van der Waals surface area (Å²) in [6.07, 6.45) is 3.87. The number of benzene rings is 1. The van der Waals surface area contributed by atoms with Crippen molar-refractivity contribution in [2.24, 2.45) is 0 Å². The van der Waals surface area contributed by atoms with E-state index < -0.39 is 21.0 Å². The van der Waals surface area contributed by atoms with E-state index in [9.17, 15) is 14.0 Å². The van der Waals surface area contributed by atoms with Crippen LogP contribution in [0.3, 0.4) is 0 Å². The number of rotatable bonds is 2. The summed E-state index contributed by atoms with van der Waals surface area (Å²) >= 11 is 6.58. The second-order valence-electron chi connectivity index (χ2n) is 8.10. The fourth-order valence-corrected chi connectivity index (χ4v) is 5.03. The van der Waals surface area contributed by atoms with Gasteiger partial charge in [-0.1, -0.05) is 17.7 Å². The second-order valence-corrected chi connectivity index (χ2v) is 10.5. The molecule has 1 aliphatic heterocycles. The van der Waals surface area contributed by atoms with Gasteiger partial charge in [-0.05, 0) is 24.7 Å². The zero-order valence-corrected chi connectivity index (χ0v) is 21.4.